The Labute approximate surface area is 101 Å². The summed E-state index contributed by atoms with van der Waals surface area (Å²) >= 11 is 2.19. The molecule has 0 fully saturated rings. The highest BCUT2D eigenvalue weighted by Gasteiger charge is 2.09. The zero-order chi connectivity index (χ0) is 11.0. The van der Waals surface area contributed by atoms with Crippen LogP contribution in [0.2, 0.25) is 0 Å². The summed E-state index contributed by atoms with van der Waals surface area (Å²) in [6, 6.07) is 3.43. The van der Waals surface area contributed by atoms with Crippen molar-refractivity contribution >= 4 is 22.6 Å². The van der Waals surface area contributed by atoms with Crippen LogP contribution < -0.4 is 5.56 Å². The first-order valence-electron chi connectivity index (χ1n) is 4.50. The summed E-state index contributed by atoms with van der Waals surface area (Å²) in [7, 11) is 0. The summed E-state index contributed by atoms with van der Waals surface area (Å²) in [4.78, 5) is 18.2. The molecule has 2 aromatic rings. The molecular formula is C10H10IN3O. The topological polar surface area (TPSA) is 50.7 Å². The maximum Gasteiger partial charge on any atom is 0.250 e. The Morgan fingerprint density at radius 2 is 2.20 bits per heavy atom. The van der Waals surface area contributed by atoms with Gasteiger partial charge in [0, 0.05) is 12.3 Å². The first-order valence-corrected chi connectivity index (χ1v) is 5.58. The molecule has 0 radical (unpaired) electrons. The highest BCUT2D eigenvalue weighted by Crippen LogP contribution is 2.17. The van der Waals surface area contributed by atoms with Gasteiger partial charge in [0.15, 0.2) is 0 Å². The standard InChI is InChI=1S/C10H10IN3O/c1-6-10(11)13-7(2)14(6)8-3-4-12-9(15)5-8/h3-5H,1-2H3,(H,12,15). The predicted octanol–water partition coefficient (Wildman–Crippen LogP) is 1.78. The molecule has 0 amide bonds. The van der Waals surface area contributed by atoms with Crippen molar-refractivity contribution in [1.82, 2.24) is 14.5 Å². The minimum atomic E-state index is -0.102. The Bertz CT molecular complexity index is 556. The van der Waals surface area contributed by atoms with Crippen molar-refractivity contribution in [1.29, 1.82) is 0 Å². The van der Waals surface area contributed by atoms with Crippen molar-refractivity contribution in [3.63, 3.8) is 0 Å². The van der Waals surface area contributed by atoms with Gasteiger partial charge in [0.1, 0.15) is 9.53 Å². The zero-order valence-corrected chi connectivity index (χ0v) is 10.6. The fraction of sp³-hybridized carbons (Fsp3) is 0.200. The third-order valence-electron chi connectivity index (χ3n) is 2.23. The van der Waals surface area contributed by atoms with E-state index in [-0.39, 0.29) is 5.56 Å². The minimum absolute atomic E-state index is 0.102. The van der Waals surface area contributed by atoms with Gasteiger partial charge in [-0.25, -0.2) is 4.98 Å². The van der Waals surface area contributed by atoms with Crippen molar-refractivity contribution in [2.75, 3.05) is 0 Å². The van der Waals surface area contributed by atoms with Crippen LogP contribution in [0.3, 0.4) is 0 Å². The first-order chi connectivity index (χ1) is 7.09. The van der Waals surface area contributed by atoms with E-state index in [9.17, 15) is 4.79 Å². The van der Waals surface area contributed by atoms with Gasteiger partial charge < -0.3 is 4.98 Å². The second-order valence-corrected chi connectivity index (χ2v) is 4.30. The van der Waals surface area contributed by atoms with E-state index in [2.05, 4.69) is 32.6 Å². The first kappa shape index (κ1) is 10.4. The highest BCUT2D eigenvalue weighted by atomic mass is 127. The van der Waals surface area contributed by atoms with Crippen LogP contribution in [0.1, 0.15) is 11.5 Å². The Hall–Kier alpha value is -1.11. The van der Waals surface area contributed by atoms with E-state index in [0.717, 1.165) is 20.9 Å². The largest absolute Gasteiger partial charge is 0.329 e. The average Bonchev–Trinajstić information content (AvgIpc) is 2.41. The number of pyridine rings is 1. The van der Waals surface area contributed by atoms with Crippen LogP contribution in [0.5, 0.6) is 0 Å². The van der Waals surface area contributed by atoms with Crippen molar-refractivity contribution in [2.45, 2.75) is 13.8 Å². The Morgan fingerprint density at radius 1 is 1.47 bits per heavy atom. The Balaban J connectivity index is 2.68. The molecule has 15 heavy (non-hydrogen) atoms. The van der Waals surface area contributed by atoms with E-state index < -0.39 is 0 Å². The van der Waals surface area contributed by atoms with Crippen molar-refractivity contribution in [3.05, 3.63) is 43.9 Å². The van der Waals surface area contributed by atoms with Gasteiger partial charge in [-0.1, -0.05) is 0 Å². The lowest BCUT2D eigenvalue weighted by Gasteiger charge is -2.06. The van der Waals surface area contributed by atoms with Gasteiger partial charge in [0.25, 0.3) is 0 Å². The second-order valence-electron chi connectivity index (χ2n) is 3.28. The van der Waals surface area contributed by atoms with Gasteiger partial charge in [0.2, 0.25) is 5.56 Å². The lowest BCUT2D eigenvalue weighted by atomic mass is 10.3. The molecule has 1 N–H and O–H groups in total. The van der Waals surface area contributed by atoms with E-state index in [4.69, 9.17) is 0 Å². The molecule has 0 unspecified atom stereocenters. The molecule has 2 aromatic heterocycles. The van der Waals surface area contributed by atoms with Crippen LogP contribution in [-0.2, 0) is 0 Å². The Morgan fingerprint density at radius 3 is 2.73 bits per heavy atom. The van der Waals surface area contributed by atoms with Crippen molar-refractivity contribution in [2.24, 2.45) is 0 Å². The van der Waals surface area contributed by atoms with Crippen LogP contribution in [0.4, 0.5) is 0 Å². The molecule has 2 heterocycles. The maximum absolute atomic E-state index is 11.2. The third kappa shape index (κ3) is 1.83. The molecular weight excluding hydrogens is 305 g/mol. The third-order valence-corrected chi connectivity index (χ3v) is 3.26. The number of H-pyrrole nitrogens is 1. The molecule has 5 heteroatoms. The number of aromatic nitrogens is 3. The molecule has 0 spiro atoms. The minimum Gasteiger partial charge on any atom is -0.329 e. The summed E-state index contributed by atoms with van der Waals surface area (Å²) in [5.41, 5.74) is 1.80. The molecule has 4 nitrogen and oxygen atoms in total. The Kier molecular flexibility index (Phi) is 2.64. The van der Waals surface area contributed by atoms with Crippen LogP contribution in [0, 0.1) is 17.5 Å². The van der Waals surface area contributed by atoms with E-state index in [1.165, 1.54) is 0 Å². The average molecular weight is 315 g/mol. The number of halogens is 1. The van der Waals surface area contributed by atoms with Crippen LogP contribution >= 0.6 is 22.6 Å². The van der Waals surface area contributed by atoms with Crippen LogP contribution in [0.15, 0.2) is 23.1 Å². The molecule has 0 aliphatic heterocycles. The number of nitrogens with zero attached hydrogens (tertiary/aromatic N) is 2. The monoisotopic (exact) mass is 315 g/mol. The van der Waals surface area contributed by atoms with Gasteiger partial charge in [-0.05, 0) is 42.5 Å². The van der Waals surface area contributed by atoms with Crippen LogP contribution in [-0.4, -0.2) is 14.5 Å². The molecule has 0 saturated carbocycles. The molecule has 0 aliphatic carbocycles. The number of aryl methyl sites for hydroxylation is 1. The van der Waals surface area contributed by atoms with Gasteiger partial charge in [-0.3, -0.25) is 9.36 Å². The van der Waals surface area contributed by atoms with Gasteiger partial charge in [-0.15, -0.1) is 0 Å². The molecule has 0 atom stereocenters. The summed E-state index contributed by atoms with van der Waals surface area (Å²) in [5.74, 6) is 0.891. The molecule has 2 rings (SSSR count). The number of aromatic amines is 1. The molecule has 0 aliphatic rings. The van der Waals surface area contributed by atoms with Gasteiger partial charge >= 0.3 is 0 Å². The predicted molar refractivity (Wildman–Crippen MR) is 66.4 cm³/mol. The number of hydrogen-bond donors (Lipinski definition) is 1. The molecule has 78 valence electrons. The van der Waals surface area contributed by atoms with Crippen molar-refractivity contribution in [3.8, 4) is 5.69 Å². The smallest absolute Gasteiger partial charge is 0.250 e. The van der Waals surface area contributed by atoms with Crippen LogP contribution in [0.25, 0.3) is 5.69 Å². The zero-order valence-electron chi connectivity index (χ0n) is 8.41. The molecule has 0 aromatic carbocycles. The lowest BCUT2D eigenvalue weighted by Crippen LogP contribution is -2.07. The van der Waals surface area contributed by atoms with E-state index in [1.54, 1.807) is 12.3 Å². The van der Waals surface area contributed by atoms with E-state index in [1.807, 2.05) is 24.5 Å². The number of hydrogen-bond acceptors (Lipinski definition) is 2. The quantitative estimate of drug-likeness (QED) is 0.816. The van der Waals surface area contributed by atoms with Crippen molar-refractivity contribution < 1.29 is 0 Å². The molecule has 0 bridgehead atoms. The fourth-order valence-corrected chi connectivity index (χ4v) is 2.15. The summed E-state index contributed by atoms with van der Waals surface area (Å²) in [6.07, 6.45) is 1.64. The normalized spacial score (nSPS) is 10.6. The number of imidazole rings is 1. The fourth-order valence-electron chi connectivity index (χ4n) is 1.56. The summed E-state index contributed by atoms with van der Waals surface area (Å²) in [6.45, 7) is 3.92. The lowest BCUT2D eigenvalue weighted by molar-refractivity contribution is 0.933. The SMILES string of the molecule is Cc1nc(I)c(C)n1-c1cc[nH]c(=O)c1. The van der Waals surface area contributed by atoms with E-state index in [0.29, 0.717) is 0 Å². The summed E-state index contributed by atoms with van der Waals surface area (Å²) in [5, 5.41) is 0. The number of rotatable bonds is 1. The maximum atomic E-state index is 11.2. The molecule has 0 saturated heterocycles. The highest BCUT2D eigenvalue weighted by molar-refractivity contribution is 14.1. The number of nitrogens with one attached hydrogen (secondary N) is 1. The van der Waals surface area contributed by atoms with Gasteiger partial charge in [0.05, 0.1) is 11.4 Å². The van der Waals surface area contributed by atoms with Gasteiger partial charge in [-0.2, -0.15) is 0 Å². The second kappa shape index (κ2) is 3.80. The van der Waals surface area contributed by atoms with E-state index >= 15 is 0 Å². The summed E-state index contributed by atoms with van der Waals surface area (Å²) < 4.78 is 2.93.